The standard InChI is InChI=1S/C17H26O4/c1-3-5-14-8-7-13-6-4-10-21-15(12-20-11-9-18)16(13)17(14)19-2/h7-8,15,18H,3-6,9-12H2,1-2H3. The molecule has 118 valence electrons. The molecule has 0 radical (unpaired) electrons. The van der Waals surface area contributed by atoms with E-state index in [1.807, 2.05) is 0 Å². The largest absolute Gasteiger partial charge is 0.496 e. The number of aryl methyl sites for hydroxylation is 2. The van der Waals surface area contributed by atoms with Gasteiger partial charge in [0.2, 0.25) is 0 Å². The zero-order valence-corrected chi connectivity index (χ0v) is 13.1. The van der Waals surface area contributed by atoms with E-state index in [1.54, 1.807) is 7.11 Å². The number of ether oxygens (including phenoxy) is 3. The molecule has 1 aromatic rings. The highest BCUT2D eigenvalue weighted by molar-refractivity contribution is 5.48. The Morgan fingerprint density at radius 3 is 2.95 bits per heavy atom. The zero-order chi connectivity index (χ0) is 15.1. The average Bonchev–Trinajstić information content (AvgIpc) is 2.70. The Labute approximate surface area is 127 Å². The fourth-order valence-corrected chi connectivity index (χ4v) is 2.92. The average molecular weight is 294 g/mol. The maximum absolute atomic E-state index is 8.87. The van der Waals surface area contributed by atoms with Crippen LogP contribution < -0.4 is 4.74 Å². The smallest absolute Gasteiger partial charge is 0.128 e. The number of rotatable bonds is 7. The molecule has 21 heavy (non-hydrogen) atoms. The van der Waals surface area contributed by atoms with Crippen LogP contribution in [0.2, 0.25) is 0 Å². The summed E-state index contributed by atoms with van der Waals surface area (Å²) in [6, 6.07) is 4.38. The van der Waals surface area contributed by atoms with E-state index in [-0.39, 0.29) is 12.7 Å². The predicted molar refractivity (Wildman–Crippen MR) is 81.9 cm³/mol. The number of hydrogen-bond donors (Lipinski definition) is 1. The van der Waals surface area contributed by atoms with Gasteiger partial charge in [-0.1, -0.05) is 25.5 Å². The summed E-state index contributed by atoms with van der Waals surface area (Å²) in [7, 11) is 1.73. The van der Waals surface area contributed by atoms with Crippen LogP contribution in [0.3, 0.4) is 0 Å². The second-order valence-electron chi connectivity index (χ2n) is 5.34. The Balaban J connectivity index is 2.33. The molecular weight excluding hydrogens is 268 g/mol. The molecule has 1 N–H and O–H groups in total. The van der Waals surface area contributed by atoms with E-state index in [0.717, 1.165) is 43.6 Å². The first-order valence-electron chi connectivity index (χ1n) is 7.80. The fraction of sp³-hybridized carbons (Fsp3) is 0.647. The summed E-state index contributed by atoms with van der Waals surface area (Å²) in [6.45, 7) is 3.73. The van der Waals surface area contributed by atoms with E-state index in [2.05, 4.69) is 19.1 Å². The van der Waals surface area contributed by atoms with Crippen molar-refractivity contribution in [2.24, 2.45) is 0 Å². The number of aliphatic hydroxyl groups excluding tert-OH is 1. The van der Waals surface area contributed by atoms with Crippen LogP contribution in [-0.2, 0) is 22.3 Å². The first-order chi connectivity index (χ1) is 10.3. The van der Waals surface area contributed by atoms with Crippen LogP contribution >= 0.6 is 0 Å². The van der Waals surface area contributed by atoms with Gasteiger partial charge in [0.15, 0.2) is 0 Å². The molecule has 2 rings (SSSR count). The van der Waals surface area contributed by atoms with Crippen LogP contribution in [0.1, 0.15) is 42.6 Å². The Kier molecular flexibility index (Phi) is 6.49. The molecule has 1 aromatic carbocycles. The van der Waals surface area contributed by atoms with Crippen LogP contribution in [0, 0.1) is 0 Å². The molecular formula is C17H26O4. The molecule has 0 fully saturated rings. The van der Waals surface area contributed by atoms with E-state index in [1.165, 1.54) is 11.1 Å². The highest BCUT2D eigenvalue weighted by atomic mass is 16.5. The number of aliphatic hydroxyl groups is 1. The summed E-state index contributed by atoms with van der Waals surface area (Å²) in [4.78, 5) is 0. The van der Waals surface area contributed by atoms with E-state index >= 15 is 0 Å². The molecule has 4 nitrogen and oxygen atoms in total. The lowest BCUT2D eigenvalue weighted by Gasteiger charge is -2.22. The normalized spacial score (nSPS) is 18.1. The molecule has 1 heterocycles. The first-order valence-corrected chi connectivity index (χ1v) is 7.80. The Bertz CT molecular complexity index is 445. The highest BCUT2D eigenvalue weighted by Gasteiger charge is 2.25. The van der Waals surface area contributed by atoms with Crippen molar-refractivity contribution in [2.45, 2.75) is 38.7 Å². The van der Waals surface area contributed by atoms with Gasteiger partial charge in [-0.15, -0.1) is 0 Å². The molecule has 0 aromatic heterocycles. The van der Waals surface area contributed by atoms with E-state index < -0.39 is 0 Å². The molecule has 1 atom stereocenters. The van der Waals surface area contributed by atoms with Crippen LogP contribution in [-0.4, -0.2) is 38.6 Å². The van der Waals surface area contributed by atoms with Crippen molar-refractivity contribution in [3.05, 3.63) is 28.8 Å². The number of methoxy groups -OCH3 is 1. The third kappa shape index (κ3) is 3.96. The van der Waals surface area contributed by atoms with Gasteiger partial charge in [0.25, 0.3) is 0 Å². The third-order valence-corrected chi connectivity index (χ3v) is 3.83. The Morgan fingerprint density at radius 1 is 1.38 bits per heavy atom. The number of fused-ring (bicyclic) bond motifs is 1. The minimum absolute atomic E-state index is 0.0343. The van der Waals surface area contributed by atoms with Crippen molar-refractivity contribution in [1.82, 2.24) is 0 Å². The summed E-state index contributed by atoms with van der Waals surface area (Å²) in [5.41, 5.74) is 3.66. The number of benzene rings is 1. The SMILES string of the molecule is CCCc1ccc2c(c1OC)C(COCCO)OCCC2. The quantitative estimate of drug-likeness (QED) is 0.785. The lowest BCUT2D eigenvalue weighted by molar-refractivity contribution is -0.0238. The summed E-state index contributed by atoms with van der Waals surface area (Å²) in [6.07, 6.45) is 4.00. The molecule has 1 aliphatic rings. The lowest BCUT2D eigenvalue weighted by atomic mass is 9.94. The first kappa shape index (κ1) is 16.3. The maximum atomic E-state index is 8.87. The fourth-order valence-electron chi connectivity index (χ4n) is 2.92. The van der Waals surface area contributed by atoms with Gasteiger partial charge in [-0.25, -0.2) is 0 Å². The molecule has 4 heteroatoms. The van der Waals surface area contributed by atoms with Gasteiger partial charge in [-0.3, -0.25) is 0 Å². The highest BCUT2D eigenvalue weighted by Crippen LogP contribution is 2.37. The van der Waals surface area contributed by atoms with Crippen molar-refractivity contribution in [3.8, 4) is 5.75 Å². The monoisotopic (exact) mass is 294 g/mol. The van der Waals surface area contributed by atoms with Crippen LogP contribution in [0.4, 0.5) is 0 Å². The van der Waals surface area contributed by atoms with Crippen molar-refractivity contribution >= 4 is 0 Å². The van der Waals surface area contributed by atoms with Crippen molar-refractivity contribution in [3.63, 3.8) is 0 Å². The van der Waals surface area contributed by atoms with Gasteiger partial charge in [0, 0.05) is 12.2 Å². The molecule has 0 spiro atoms. The molecule has 0 saturated heterocycles. The van der Waals surface area contributed by atoms with Gasteiger partial charge in [0.1, 0.15) is 11.9 Å². The van der Waals surface area contributed by atoms with Gasteiger partial charge in [-0.2, -0.15) is 0 Å². The molecule has 0 aliphatic carbocycles. The van der Waals surface area contributed by atoms with Crippen molar-refractivity contribution in [2.75, 3.05) is 33.5 Å². The summed E-state index contributed by atoms with van der Waals surface area (Å²) >= 11 is 0. The molecule has 0 amide bonds. The second-order valence-corrected chi connectivity index (χ2v) is 5.34. The van der Waals surface area contributed by atoms with E-state index in [0.29, 0.717) is 13.2 Å². The summed E-state index contributed by atoms with van der Waals surface area (Å²) in [5.74, 6) is 0.953. The van der Waals surface area contributed by atoms with Crippen molar-refractivity contribution < 1.29 is 19.3 Å². The minimum Gasteiger partial charge on any atom is -0.496 e. The van der Waals surface area contributed by atoms with Gasteiger partial charge in [0.05, 0.1) is 26.9 Å². The second kappa shape index (κ2) is 8.37. The van der Waals surface area contributed by atoms with Gasteiger partial charge < -0.3 is 19.3 Å². The lowest BCUT2D eigenvalue weighted by Crippen LogP contribution is -2.15. The van der Waals surface area contributed by atoms with Crippen LogP contribution in [0.25, 0.3) is 0 Å². The number of hydrogen-bond acceptors (Lipinski definition) is 4. The van der Waals surface area contributed by atoms with E-state index in [9.17, 15) is 0 Å². The van der Waals surface area contributed by atoms with Crippen LogP contribution in [0.5, 0.6) is 5.75 Å². The van der Waals surface area contributed by atoms with Crippen LogP contribution in [0.15, 0.2) is 12.1 Å². The summed E-state index contributed by atoms with van der Waals surface area (Å²) < 4.78 is 17.2. The van der Waals surface area contributed by atoms with Gasteiger partial charge in [-0.05, 0) is 30.4 Å². The molecule has 0 bridgehead atoms. The Morgan fingerprint density at radius 2 is 2.24 bits per heavy atom. The minimum atomic E-state index is -0.110. The summed E-state index contributed by atoms with van der Waals surface area (Å²) in [5, 5.41) is 8.87. The van der Waals surface area contributed by atoms with Gasteiger partial charge >= 0.3 is 0 Å². The molecule has 1 unspecified atom stereocenters. The predicted octanol–water partition coefficient (Wildman–Crippen LogP) is 2.66. The molecule has 1 aliphatic heterocycles. The molecule has 0 saturated carbocycles. The maximum Gasteiger partial charge on any atom is 0.128 e. The van der Waals surface area contributed by atoms with E-state index in [4.69, 9.17) is 19.3 Å². The third-order valence-electron chi connectivity index (χ3n) is 3.83. The topological polar surface area (TPSA) is 47.9 Å². The Hall–Kier alpha value is -1.10. The zero-order valence-electron chi connectivity index (χ0n) is 13.1. The van der Waals surface area contributed by atoms with Crippen molar-refractivity contribution in [1.29, 1.82) is 0 Å².